The van der Waals surface area contributed by atoms with Gasteiger partial charge in [-0.2, -0.15) is 15.5 Å². The Balaban J connectivity index is 1.75. The Labute approximate surface area is 143 Å². The highest BCUT2D eigenvalue weighted by atomic mass is 16.3. The van der Waals surface area contributed by atoms with Gasteiger partial charge in [-0.25, -0.2) is 0 Å². The minimum Gasteiger partial charge on any atom is -0.508 e. The van der Waals surface area contributed by atoms with Gasteiger partial charge in [-0.1, -0.05) is 12.1 Å². The highest BCUT2D eigenvalue weighted by Crippen LogP contribution is 2.29. The molecule has 4 rings (SSSR count). The first-order chi connectivity index (χ1) is 12.3. The van der Waals surface area contributed by atoms with E-state index >= 15 is 0 Å². The number of rotatable bonds is 4. The van der Waals surface area contributed by atoms with Gasteiger partial charge in [0.05, 0.1) is 30.9 Å². The van der Waals surface area contributed by atoms with E-state index in [4.69, 9.17) is 0 Å². The van der Waals surface area contributed by atoms with Crippen LogP contribution in [0, 0.1) is 11.3 Å². The lowest BCUT2D eigenvalue weighted by Gasteiger charge is -2.15. The third kappa shape index (κ3) is 2.70. The molecule has 4 aromatic rings. The van der Waals surface area contributed by atoms with Crippen molar-refractivity contribution in [2.24, 2.45) is 0 Å². The van der Waals surface area contributed by atoms with Gasteiger partial charge < -0.3 is 10.1 Å². The van der Waals surface area contributed by atoms with E-state index in [0.29, 0.717) is 0 Å². The second kappa shape index (κ2) is 6.09. The standard InChI is InChI=1S/C18H14N6O/c19-7-5-17(12-1-3-14(25)4-2-12)24-11-13(9-22-24)16-10-21-23-18-15(16)6-8-20-18/h1-4,6,8-11,17,25H,5H2,(H,20,23). The van der Waals surface area contributed by atoms with Gasteiger partial charge in [0.2, 0.25) is 0 Å². The molecule has 0 bridgehead atoms. The number of aromatic hydroxyl groups is 1. The number of phenols is 1. The lowest BCUT2D eigenvalue weighted by atomic mass is 10.0. The van der Waals surface area contributed by atoms with Crippen LogP contribution in [0.4, 0.5) is 0 Å². The highest BCUT2D eigenvalue weighted by Gasteiger charge is 2.16. The van der Waals surface area contributed by atoms with Gasteiger partial charge in [-0.15, -0.1) is 5.10 Å². The number of fused-ring (bicyclic) bond motifs is 1. The molecule has 0 aliphatic rings. The van der Waals surface area contributed by atoms with Crippen LogP contribution in [0.25, 0.3) is 22.2 Å². The van der Waals surface area contributed by atoms with E-state index in [2.05, 4.69) is 26.3 Å². The molecule has 1 aromatic carbocycles. The van der Waals surface area contributed by atoms with E-state index in [9.17, 15) is 10.4 Å². The zero-order valence-electron chi connectivity index (χ0n) is 13.2. The van der Waals surface area contributed by atoms with Crippen molar-refractivity contribution in [2.45, 2.75) is 12.5 Å². The summed E-state index contributed by atoms with van der Waals surface area (Å²) in [4.78, 5) is 3.04. The first-order valence-corrected chi connectivity index (χ1v) is 7.75. The van der Waals surface area contributed by atoms with Gasteiger partial charge in [0, 0.05) is 28.9 Å². The maximum absolute atomic E-state index is 9.47. The van der Waals surface area contributed by atoms with Gasteiger partial charge in [-0.05, 0) is 23.8 Å². The van der Waals surface area contributed by atoms with Crippen LogP contribution in [-0.2, 0) is 0 Å². The molecule has 1 atom stereocenters. The maximum Gasteiger partial charge on any atom is 0.160 e. The number of benzene rings is 1. The van der Waals surface area contributed by atoms with Gasteiger partial charge in [-0.3, -0.25) is 4.68 Å². The van der Waals surface area contributed by atoms with Gasteiger partial charge in [0.1, 0.15) is 5.75 Å². The predicted octanol–water partition coefficient (Wildman–Crippen LogP) is 3.03. The largest absolute Gasteiger partial charge is 0.508 e. The Morgan fingerprint density at radius 1 is 1.20 bits per heavy atom. The van der Waals surface area contributed by atoms with Crippen LogP contribution < -0.4 is 0 Å². The van der Waals surface area contributed by atoms with Crippen LogP contribution in [0.1, 0.15) is 18.0 Å². The predicted molar refractivity (Wildman–Crippen MR) is 91.6 cm³/mol. The van der Waals surface area contributed by atoms with Crippen LogP contribution >= 0.6 is 0 Å². The van der Waals surface area contributed by atoms with Gasteiger partial charge in [0.25, 0.3) is 0 Å². The molecule has 7 nitrogen and oxygen atoms in total. The fourth-order valence-electron chi connectivity index (χ4n) is 2.90. The molecule has 122 valence electrons. The van der Waals surface area contributed by atoms with E-state index in [0.717, 1.165) is 27.7 Å². The molecule has 0 saturated carbocycles. The fourth-order valence-corrected chi connectivity index (χ4v) is 2.90. The molecule has 0 spiro atoms. The Kier molecular flexibility index (Phi) is 3.63. The number of aromatic amines is 1. The van der Waals surface area contributed by atoms with Crippen molar-refractivity contribution in [2.75, 3.05) is 0 Å². The van der Waals surface area contributed by atoms with E-state index < -0.39 is 0 Å². The minimum atomic E-state index is -0.226. The summed E-state index contributed by atoms with van der Waals surface area (Å²) in [6.07, 6.45) is 7.46. The first kappa shape index (κ1) is 14.9. The quantitative estimate of drug-likeness (QED) is 0.598. The van der Waals surface area contributed by atoms with Crippen molar-refractivity contribution in [3.8, 4) is 22.9 Å². The molecular weight excluding hydrogens is 316 g/mol. The zero-order valence-corrected chi connectivity index (χ0v) is 13.2. The molecular formula is C18H14N6O. The Hall–Kier alpha value is -3.66. The second-order valence-electron chi connectivity index (χ2n) is 5.68. The molecule has 0 aliphatic carbocycles. The van der Waals surface area contributed by atoms with Crippen LogP contribution in [0.15, 0.2) is 55.1 Å². The van der Waals surface area contributed by atoms with Gasteiger partial charge in [0.15, 0.2) is 5.65 Å². The number of nitrogens with zero attached hydrogens (tertiary/aromatic N) is 5. The first-order valence-electron chi connectivity index (χ1n) is 7.75. The van der Waals surface area contributed by atoms with Crippen molar-refractivity contribution in [1.29, 1.82) is 5.26 Å². The monoisotopic (exact) mass is 330 g/mol. The summed E-state index contributed by atoms with van der Waals surface area (Å²) in [7, 11) is 0. The van der Waals surface area contributed by atoms with Crippen molar-refractivity contribution in [1.82, 2.24) is 25.0 Å². The van der Waals surface area contributed by atoms with E-state index in [1.54, 1.807) is 41.3 Å². The average molecular weight is 330 g/mol. The summed E-state index contributed by atoms with van der Waals surface area (Å²) < 4.78 is 1.77. The van der Waals surface area contributed by atoms with Crippen LogP contribution in [-0.4, -0.2) is 30.1 Å². The highest BCUT2D eigenvalue weighted by molar-refractivity contribution is 5.91. The Morgan fingerprint density at radius 3 is 2.84 bits per heavy atom. The molecule has 3 heterocycles. The molecule has 3 aromatic heterocycles. The number of aromatic nitrogens is 5. The number of hydrogen-bond acceptors (Lipinski definition) is 5. The summed E-state index contributed by atoms with van der Waals surface area (Å²) >= 11 is 0. The molecule has 7 heteroatoms. The van der Waals surface area contributed by atoms with Gasteiger partial charge >= 0.3 is 0 Å². The van der Waals surface area contributed by atoms with Crippen LogP contribution in [0.5, 0.6) is 5.75 Å². The minimum absolute atomic E-state index is 0.193. The number of hydrogen-bond donors (Lipinski definition) is 2. The van der Waals surface area contributed by atoms with Crippen molar-refractivity contribution < 1.29 is 5.11 Å². The van der Waals surface area contributed by atoms with Crippen molar-refractivity contribution in [3.05, 3.63) is 60.7 Å². The lowest BCUT2D eigenvalue weighted by molar-refractivity contribution is 0.473. The summed E-state index contributed by atoms with van der Waals surface area (Å²) in [6.45, 7) is 0. The Bertz CT molecular complexity index is 1060. The molecule has 0 radical (unpaired) electrons. The summed E-state index contributed by atoms with van der Waals surface area (Å²) in [5.74, 6) is 0.193. The molecule has 25 heavy (non-hydrogen) atoms. The lowest BCUT2D eigenvalue weighted by Crippen LogP contribution is -2.10. The Morgan fingerprint density at radius 2 is 2.04 bits per heavy atom. The average Bonchev–Trinajstić information content (AvgIpc) is 3.29. The van der Waals surface area contributed by atoms with Crippen molar-refractivity contribution >= 4 is 11.0 Å². The summed E-state index contributed by atoms with van der Waals surface area (Å²) in [5.41, 5.74) is 3.46. The molecule has 1 unspecified atom stereocenters. The molecule has 0 aliphatic heterocycles. The second-order valence-corrected chi connectivity index (χ2v) is 5.68. The fraction of sp³-hybridized carbons (Fsp3) is 0.111. The van der Waals surface area contributed by atoms with Crippen LogP contribution in [0.2, 0.25) is 0 Å². The smallest absolute Gasteiger partial charge is 0.160 e. The SMILES string of the molecule is N#CCC(c1ccc(O)cc1)n1cc(-c2cnnc3[nH]ccc23)cn1. The summed E-state index contributed by atoms with van der Waals surface area (Å²) in [5, 5.41) is 32.1. The maximum atomic E-state index is 9.47. The van der Waals surface area contributed by atoms with Crippen LogP contribution in [0.3, 0.4) is 0 Å². The number of H-pyrrole nitrogens is 1. The molecule has 0 saturated heterocycles. The molecule has 0 fully saturated rings. The van der Waals surface area contributed by atoms with E-state index in [1.165, 1.54) is 0 Å². The normalized spacial score (nSPS) is 12.1. The molecule has 2 N–H and O–H groups in total. The number of nitriles is 1. The third-order valence-corrected chi connectivity index (χ3v) is 4.15. The summed E-state index contributed by atoms with van der Waals surface area (Å²) in [6, 6.07) is 10.8. The molecule has 0 amide bonds. The number of phenolic OH excluding ortho intramolecular Hbond substituents is 1. The third-order valence-electron chi connectivity index (χ3n) is 4.15. The van der Waals surface area contributed by atoms with E-state index in [1.807, 2.05) is 18.5 Å². The topological polar surface area (TPSA) is 103 Å². The van der Waals surface area contributed by atoms with Crippen molar-refractivity contribution in [3.63, 3.8) is 0 Å². The number of nitrogens with one attached hydrogen (secondary N) is 1. The van der Waals surface area contributed by atoms with E-state index in [-0.39, 0.29) is 18.2 Å². The zero-order chi connectivity index (χ0) is 17.2.